The number of nitrogens with zero attached hydrogens (tertiary/aromatic N) is 3. The van der Waals surface area contributed by atoms with Gasteiger partial charge in [-0.2, -0.15) is 0 Å². The van der Waals surface area contributed by atoms with E-state index in [0.717, 1.165) is 4.90 Å². The summed E-state index contributed by atoms with van der Waals surface area (Å²) < 4.78 is 0. The van der Waals surface area contributed by atoms with Gasteiger partial charge < -0.3 is 16.4 Å². The fourth-order valence-electron chi connectivity index (χ4n) is 2.78. The molecule has 2 aromatic carbocycles. The van der Waals surface area contributed by atoms with Gasteiger partial charge in [-0.3, -0.25) is 34.7 Å². The highest BCUT2D eigenvalue weighted by Gasteiger charge is 2.25. The molecule has 2 aromatic rings. The van der Waals surface area contributed by atoms with Crippen LogP contribution < -0.4 is 16.4 Å². The number of nitro groups is 2. The summed E-state index contributed by atoms with van der Waals surface area (Å²) in [6.45, 7) is 2.77. The Morgan fingerprint density at radius 1 is 0.758 bits per heavy atom. The Morgan fingerprint density at radius 3 is 1.52 bits per heavy atom. The number of carbonyl (C=O) groups is 2. The first-order chi connectivity index (χ1) is 15.3. The standard InChI is InChI=1S/C20H24N6O6.ClH/c21-9-10-22-11-12-23-13-14-24(19(27)15-1-5-17(6-2-15)25(29)30)20(28)16-3-7-18(8-4-16)26(31)32;/h1-8,22-23H,9-14,21H2;1H. The molecule has 0 spiro atoms. The van der Waals surface area contributed by atoms with Crippen molar-refractivity contribution >= 4 is 35.6 Å². The Kier molecular flexibility index (Phi) is 11.6. The molecule has 0 unspecified atom stereocenters. The third-order valence-corrected chi connectivity index (χ3v) is 4.45. The lowest BCUT2D eigenvalue weighted by molar-refractivity contribution is -0.385. The zero-order valence-corrected chi connectivity index (χ0v) is 18.5. The molecular weight excluding hydrogens is 456 g/mol. The molecule has 0 radical (unpaired) electrons. The Hall–Kier alpha value is -3.45. The van der Waals surface area contributed by atoms with Gasteiger partial charge in [0.25, 0.3) is 23.2 Å². The molecule has 13 heteroatoms. The molecule has 0 aliphatic rings. The normalized spacial score (nSPS) is 10.2. The maximum atomic E-state index is 13.0. The topological polar surface area (TPSA) is 174 Å². The number of amides is 2. The van der Waals surface area contributed by atoms with E-state index >= 15 is 0 Å². The fraction of sp³-hybridized carbons (Fsp3) is 0.300. The van der Waals surface area contributed by atoms with Crippen LogP contribution in [0.4, 0.5) is 11.4 Å². The van der Waals surface area contributed by atoms with Crippen LogP contribution in [-0.4, -0.2) is 65.8 Å². The lowest BCUT2D eigenvalue weighted by Crippen LogP contribution is -2.42. The van der Waals surface area contributed by atoms with Crippen LogP contribution in [0.5, 0.6) is 0 Å². The molecule has 0 fully saturated rings. The number of benzene rings is 2. The van der Waals surface area contributed by atoms with Crippen molar-refractivity contribution in [1.29, 1.82) is 0 Å². The van der Waals surface area contributed by atoms with E-state index in [9.17, 15) is 29.8 Å². The minimum atomic E-state index is -0.633. The molecule has 0 heterocycles. The Balaban J connectivity index is 0.00000544. The molecule has 0 saturated heterocycles. The van der Waals surface area contributed by atoms with Gasteiger partial charge >= 0.3 is 0 Å². The van der Waals surface area contributed by atoms with Crippen LogP contribution in [0.1, 0.15) is 20.7 Å². The monoisotopic (exact) mass is 480 g/mol. The predicted octanol–water partition coefficient (Wildman–Crippen LogP) is 1.35. The summed E-state index contributed by atoms with van der Waals surface area (Å²) in [6.07, 6.45) is 0. The molecule has 0 bridgehead atoms. The van der Waals surface area contributed by atoms with Gasteiger partial charge in [0.1, 0.15) is 0 Å². The summed E-state index contributed by atoms with van der Waals surface area (Å²) in [5.74, 6) is -1.27. The minimum absolute atomic E-state index is 0. The van der Waals surface area contributed by atoms with E-state index in [1.807, 2.05) is 0 Å². The Bertz CT molecular complexity index is 885. The molecular formula is C20H25ClN6O6. The number of hydrogen-bond donors (Lipinski definition) is 3. The first kappa shape index (κ1) is 27.6. The summed E-state index contributed by atoms with van der Waals surface area (Å²) in [5.41, 5.74) is 5.25. The highest BCUT2D eigenvalue weighted by Crippen LogP contribution is 2.17. The number of nitrogens with two attached hydrogens (primary N) is 1. The van der Waals surface area contributed by atoms with Crippen molar-refractivity contribution in [2.24, 2.45) is 5.73 Å². The van der Waals surface area contributed by atoms with Crippen LogP contribution in [0.15, 0.2) is 48.5 Å². The van der Waals surface area contributed by atoms with Crippen molar-refractivity contribution in [3.8, 4) is 0 Å². The van der Waals surface area contributed by atoms with Crippen LogP contribution in [0.25, 0.3) is 0 Å². The second kappa shape index (κ2) is 13.9. The molecule has 0 saturated carbocycles. The number of rotatable bonds is 12. The molecule has 0 aromatic heterocycles. The van der Waals surface area contributed by atoms with Gasteiger partial charge in [0, 0.05) is 74.7 Å². The number of imide groups is 1. The van der Waals surface area contributed by atoms with E-state index in [4.69, 9.17) is 5.73 Å². The number of nitrogens with one attached hydrogen (secondary N) is 2. The summed E-state index contributed by atoms with van der Waals surface area (Å²) in [6, 6.07) is 9.85. The minimum Gasteiger partial charge on any atom is -0.329 e. The molecule has 4 N–H and O–H groups in total. The summed E-state index contributed by atoms with van der Waals surface area (Å²) in [4.78, 5) is 47.5. The second-order valence-electron chi connectivity index (χ2n) is 6.66. The SMILES string of the molecule is Cl.NCCNCCNCCN(C(=O)c1ccc([N+](=O)[O-])cc1)C(=O)c1ccc([N+](=O)[O-])cc1. The Morgan fingerprint density at radius 2 is 1.15 bits per heavy atom. The summed E-state index contributed by atoms with van der Waals surface area (Å²) >= 11 is 0. The van der Waals surface area contributed by atoms with Gasteiger partial charge in [-0.15, -0.1) is 12.4 Å². The zero-order valence-electron chi connectivity index (χ0n) is 17.6. The van der Waals surface area contributed by atoms with Gasteiger partial charge in [0.2, 0.25) is 0 Å². The largest absolute Gasteiger partial charge is 0.329 e. The molecule has 0 aliphatic carbocycles. The molecule has 0 aliphatic heterocycles. The van der Waals surface area contributed by atoms with Gasteiger partial charge in [-0.25, -0.2) is 0 Å². The van der Waals surface area contributed by atoms with Gasteiger partial charge in [0.15, 0.2) is 0 Å². The van der Waals surface area contributed by atoms with Crippen molar-refractivity contribution in [3.63, 3.8) is 0 Å². The number of carbonyl (C=O) groups excluding carboxylic acids is 2. The first-order valence-electron chi connectivity index (χ1n) is 9.81. The van der Waals surface area contributed by atoms with E-state index in [-0.39, 0.29) is 41.5 Å². The molecule has 178 valence electrons. The first-order valence-corrected chi connectivity index (χ1v) is 9.81. The van der Waals surface area contributed by atoms with Crippen LogP contribution in [-0.2, 0) is 0 Å². The predicted molar refractivity (Wildman–Crippen MR) is 124 cm³/mol. The van der Waals surface area contributed by atoms with Crippen LogP contribution >= 0.6 is 12.4 Å². The quantitative estimate of drug-likeness (QED) is 0.175. The molecule has 0 atom stereocenters. The average Bonchev–Trinajstić information content (AvgIpc) is 2.80. The number of non-ortho nitro benzene ring substituents is 2. The van der Waals surface area contributed by atoms with Crippen molar-refractivity contribution < 1.29 is 19.4 Å². The molecule has 2 rings (SSSR count). The third-order valence-electron chi connectivity index (χ3n) is 4.45. The number of nitro benzene ring substituents is 2. The highest BCUT2D eigenvalue weighted by atomic mass is 35.5. The molecule has 33 heavy (non-hydrogen) atoms. The van der Waals surface area contributed by atoms with E-state index < -0.39 is 21.7 Å². The summed E-state index contributed by atoms with van der Waals surface area (Å²) in [7, 11) is 0. The van der Waals surface area contributed by atoms with Crippen molar-refractivity contribution in [2.75, 3.05) is 39.3 Å². The molecule has 12 nitrogen and oxygen atoms in total. The lowest BCUT2D eigenvalue weighted by atomic mass is 10.1. The van der Waals surface area contributed by atoms with Crippen LogP contribution in [0.2, 0.25) is 0 Å². The number of halogens is 1. The van der Waals surface area contributed by atoms with Crippen molar-refractivity contribution in [1.82, 2.24) is 15.5 Å². The average molecular weight is 481 g/mol. The van der Waals surface area contributed by atoms with Gasteiger partial charge in [-0.05, 0) is 24.3 Å². The lowest BCUT2D eigenvalue weighted by Gasteiger charge is -2.21. The van der Waals surface area contributed by atoms with Crippen LogP contribution in [0.3, 0.4) is 0 Å². The number of hydrogen-bond acceptors (Lipinski definition) is 9. The maximum absolute atomic E-state index is 13.0. The second-order valence-corrected chi connectivity index (χ2v) is 6.66. The van der Waals surface area contributed by atoms with E-state index in [0.29, 0.717) is 32.7 Å². The molecule has 2 amide bonds. The summed E-state index contributed by atoms with van der Waals surface area (Å²) in [5, 5.41) is 27.9. The fourth-order valence-corrected chi connectivity index (χ4v) is 2.78. The van der Waals surface area contributed by atoms with E-state index in [1.54, 1.807) is 0 Å². The van der Waals surface area contributed by atoms with Gasteiger partial charge in [0.05, 0.1) is 9.85 Å². The zero-order chi connectivity index (χ0) is 23.5. The smallest absolute Gasteiger partial charge is 0.269 e. The highest BCUT2D eigenvalue weighted by molar-refractivity contribution is 6.10. The van der Waals surface area contributed by atoms with Crippen LogP contribution in [0, 0.1) is 20.2 Å². The maximum Gasteiger partial charge on any atom is 0.269 e. The van der Waals surface area contributed by atoms with Crippen molar-refractivity contribution in [3.05, 3.63) is 79.9 Å². The van der Waals surface area contributed by atoms with Gasteiger partial charge in [-0.1, -0.05) is 0 Å². The van der Waals surface area contributed by atoms with E-state index in [2.05, 4.69) is 10.6 Å². The third kappa shape index (κ3) is 8.20. The van der Waals surface area contributed by atoms with Crippen molar-refractivity contribution in [2.45, 2.75) is 0 Å². The van der Waals surface area contributed by atoms with E-state index in [1.165, 1.54) is 48.5 Å². The Labute approximate surface area is 195 Å².